The zero-order valence-corrected chi connectivity index (χ0v) is 19.1. The molecular weight excluding hydrogens is 416 g/mol. The molecule has 6 nitrogen and oxygen atoms in total. The second-order valence-electron chi connectivity index (χ2n) is 7.83. The second-order valence-corrected chi connectivity index (χ2v) is 7.83. The van der Waals surface area contributed by atoms with Crippen molar-refractivity contribution in [3.63, 3.8) is 0 Å². The minimum Gasteiger partial charge on any atom is -0.496 e. The van der Waals surface area contributed by atoms with Crippen molar-refractivity contribution in [3.8, 4) is 11.5 Å². The van der Waals surface area contributed by atoms with Gasteiger partial charge < -0.3 is 14.8 Å². The molecule has 0 saturated heterocycles. The van der Waals surface area contributed by atoms with Gasteiger partial charge in [0, 0.05) is 17.3 Å². The lowest BCUT2D eigenvalue weighted by atomic mass is 10.0. The maximum atomic E-state index is 13.7. The lowest BCUT2D eigenvalue weighted by Gasteiger charge is -2.17. The van der Waals surface area contributed by atoms with Crippen LogP contribution in [-0.4, -0.2) is 25.5 Å². The van der Waals surface area contributed by atoms with E-state index in [1.807, 2.05) is 69.3 Å². The van der Waals surface area contributed by atoms with Crippen LogP contribution < -0.4 is 19.7 Å². The minimum absolute atomic E-state index is 0.192. The van der Waals surface area contributed by atoms with Crippen LogP contribution in [0.15, 0.2) is 72.4 Å². The zero-order valence-electron chi connectivity index (χ0n) is 19.1. The molecule has 0 unspecified atom stereocenters. The van der Waals surface area contributed by atoms with Crippen molar-refractivity contribution >= 4 is 28.8 Å². The highest BCUT2D eigenvalue weighted by Crippen LogP contribution is 2.38. The van der Waals surface area contributed by atoms with Gasteiger partial charge in [-0.25, -0.2) is 4.90 Å². The summed E-state index contributed by atoms with van der Waals surface area (Å²) < 4.78 is 11.1. The van der Waals surface area contributed by atoms with Crippen LogP contribution >= 0.6 is 0 Å². The number of para-hydroxylation sites is 1. The smallest absolute Gasteiger partial charge is 0.282 e. The van der Waals surface area contributed by atoms with E-state index in [1.165, 1.54) is 4.90 Å². The molecule has 1 N–H and O–H groups in total. The summed E-state index contributed by atoms with van der Waals surface area (Å²) in [7, 11) is 1.54. The first-order chi connectivity index (χ1) is 15.9. The number of hydrogen-bond donors (Lipinski definition) is 1. The average Bonchev–Trinajstić information content (AvgIpc) is 3.02. The van der Waals surface area contributed by atoms with Gasteiger partial charge >= 0.3 is 0 Å². The molecule has 168 valence electrons. The summed E-state index contributed by atoms with van der Waals surface area (Å²) in [6.07, 6.45) is 0. The largest absolute Gasteiger partial charge is 0.496 e. The van der Waals surface area contributed by atoms with E-state index >= 15 is 0 Å². The molecule has 1 aliphatic heterocycles. The molecule has 0 atom stereocenters. The number of methoxy groups -OCH3 is 1. The van der Waals surface area contributed by atoms with Crippen LogP contribution in [0.1, 0.15) is 23.6 Å². The van der Waals surface area contributed by atoms with Gasteiger partial charge in [0.1, 0.15) is 17.2 Å². The maximum absolute atomic E-state index is 13.7. The summed E-state index contributed by atoms with van der Waals surface area (Å²) in [5, 5.41) is 3.18. The molecule has 6 heteroatoms. The number of rotatable bonds is 7. The van der Waals surface area contributed by atoms with Gasteiger partial charge in [0.15, 0.2) is 0 Å². The van der Waals surface area contributed by atoms with E-state index in [0.29, 0.717) is 35.0 Å². The van der Waals surface area contributed by atoms with Crippen LogP contribution in [0.4, 0.5) is 11.4 Å². The number of imide groups is 1. The molecule has 1 heterocycles. The third-order valence-electron chi connectivity index (χ3n) is 5.34. The highest BCUT2D eigenvalue weighted by atomic mass is 16.5. The Morgan fingerprint density at radius 1 is 0.879 bits per heavy atom. The number of benzene rings is 3. The van der Waals surface area contributed by atoms with Crippen molar-refractivity contribution in [3.05, 3.63) is 89.1 Å². The van der Waals surface area contributed by atoms with Crippen LogP contribution in [0.5, 0.6) is 11.5 Å². The van der Waals surface area contributed by atoms with Gasteiger partial charge in [-0.15, -0.1) is 0 Å². The van der Waals surface area contributed by atoms with Crippen molar-refractivity contribution in [1.82, 2.24) is 0 Å². The average molecular weight is 443 g/mol. The van der Waals surface area contributed by atoms with Crippen LogP contribution in [0.25, 0.3) is 5.57 Å². The number of carbonyl (C=O) groups excluding carboxylic acids is 2. The van der Waals surface area contributed by atoms with Gasteiger partial charge in [-0.3, -0.25) is 9.59 Å². The highest BCUT2D eigenvalue weighted by molar-refractivity contribution is 6.46. The standard InChI is InChI=1S/C27H26N2O4/c1-5-33-21-10-8-9-19(16-21)28-25-24(22-11-6-7-12-23(22)32-4)26(30)29(27(25)31)20-14-17(2)13-18(3)15-20/h6-16,28H,5H2,1-4H3. The molecule has 3 aromatic carbocycles. The Kier molecular flexibility index (Phi) is 6.18. The molecule has 0 aromatic heterocycles. The van der Waals surface area contributed by atoms with Gasteiger partial charge in [0.05, 0.1) is 25.0 Å². The van der Waals surface area contributed by atoms with Crippen molar-refractivity contribution < 1.29 is 19.1 Å². The number of carbonyl (C=O) groups is 2. The lowest BCUT2D eigenvalue weighted by molar-refractivity contribution is -0.120. The number of ether oxygens (including phenoxy) is 2. The highest BCUT2D eigenvalue weighted by Gasteiger charge is 2.41. The Morgan fingerprint density at radius 2 is 1.61 bits per heavy atom. The quantitative estimate of drug-likeness (QED) is 0.515. The van der Waals surface area contributed by atoms with E-state index in [2.05, 4.69) is 5.32 Å². The fraction of sp³-hybridized carbons (Fsp3) is 0.185. The molecule has 4 rings (SSSR count). The van der Waals surface area contributed by atoms with Crippen molar-refractivity contribution in [2.24, 2.45) is 0 Å². The minimum atomic E-state index is -0.423. The van der Waals surface area contributed by atoms with E-state index in [-0.39, 0.29) is 11.3 Å². The topological polar surface area (TPSA) is 67.9 Å². The van der Waals surface area contributed by atoms with E-state index in [0.717, 1.165) is 11.1 Å². The predicted molar refractivity (Wildman–Crippen MR) is 130 cm³/mol. The number of aryl methyl sites for hydroxylation is 2. The number of nitrogens with one attached hydrogen (secondary N) is 1. The molecule has 0 fully saturated rings. The van der Waals surface area contributed by atoms with E-state index in [1.54, 1.807) is 25.3 Å². The number of anilines is 2. The zero-order chi connectivity index (χ0) is 23.5. The molecule has 2 amide bonds. The Balaban J connectivity index is 1.85. The molecule has 0 radical (unpaired) electrons. The maximum Gasteiger partial charge on any atom is 0.282 e. The molecule has 3 aromatic rings. The number of hydrogen-bond acceptors (Lipinski definition) is 5. The fourth-order valence-electron chi connectivity index (χ4n) is 4.04. The summed E-state index contributed by atoms with van der Waals surface area (Å²) in [4.78, 5) is 28.6. The summed E-state index contributed by atoms with van der Waals surface area (Å²) in [5.41, 5.74) is 4.12. The van der Waals surface area contributed by atoms with Crippen molar-refractivity contribution in [2.45, 2.75) is 20.8 Å². The van der Waals surface area contributed by atoms with Gasteiger partial charge in [-0.1, -0.05) is 30.3 Å². The number of amides is 2. The monoisotopic (exact) mass is 442 g/mol. The Hall–Kier alpha value is -4.06. The van der Waals surface area contributed by atoms with Crippen molar-refractivity contribution in [1.29, 1.82) is 0 Å². The molecule has 0 aliphatic carbocycles. The van der Waals surface area contributed by atoms with Gasteiger partial charge in [-0.05, 0) is 62.2 Å². The van der Waals surface area contributed by atoms with Gasteiger partial charge in [0.2, 0.25) is 0 Å². The summed E-state index contributed by atoms with van der Waals surface area (Å²) >= 11 is 0. The Labute approximate surface area is 193 Å². The first-order valence-corrected chi connectivity index (χ1v) is 10.8. The molecule has 0 saturated carbocycles. The molecular formula is C27H26N2O4. The molecule has 0 bridgehead atoms. The summed E-state index contributed by atoms with van der Waals surface area (Å²) in [6, 6.07) is 20.2. The van der Waals surface area contributed by atoms with Crippen LogP contribution in [0.2, 0.25) is 0 Å². The first-order valence-electron chi connectivity index (χ1n) is 10.8. The van der Waals surface area contributed by atoms with Crippen LogP contribution in [0.3, 0.4) is 0 Å². The first kappa shape index (κ1) is 22.1. The van der Waals surface area contributed by atoms with E-state index in [9.17, 15) is 9.59 Å². The molecule has 0 spiro atoms. The normalized spacial score (nSPS) is 13.5. The Bertz CT molecular complexity index is 1240. The third-order valence-corrected chi connectivity index (χ3v) is 5.34. The molecule has 33 heavy (non-hydrogen) atoms. The SMILES string of the molecule is CCOc1cccc(NC2=C(c3ccccc3OC)C(=O)N(c3cc(C)cc(C)c3)C2=O)c1. The molecule has 1 aliphatic rings. The fourth-order valence-corrected chi connectivity index (χ4v) is 4.04. The van der Waals surface area contributed by atoms with Crippen molar-refractivity contribution in [2.75, 3.05) is 23.9 Å². The second kappa shape index (κ2) is 9.20. The third kappa shape index (κ3) is 4.32. The number of nitrogens with zero attached hydrogens (tertiary/aromatic N) is 1. The van der Waals surface area contributed by atoms with E-state index < -0.39 is 11.8 Å². The Morgan fingerprint density at radius 3 is 2.30 bits per heavy atom. The van der Waals surface area contributed by atoms with Gasteiger partial charge in [0.25, 0.3) is 11.8 Å². The van der Waals surface area contributed by atoms with Crippen LogP contribution in [0, 0.1) is 13.8 Å². The lowest BCUT2D eigenvalue weighted by Crippen LogP contribution is -2.32. The summed E-state index contributed by atoms with van der Waals surface area (Å²) in [6.45, 7) is 6.31. The van der Waals surface area contributed by atoms with Gasteiger partial charge in [-0.2, -0.15) is 0 Å². The van der Waals surface area contributed by atoms with Crippen LogP contribution in [-0.2, 0) is 9.59 Å². The summed E-state index contributed by atoms with van der Waals surface area (Å²) in [5.74, 6) is 0.355. The predicted octanol–water partition coefficient (Wildman–Crippen LogP) is 5.11. The van der Waals surface area contributed by atoms with E-state index in [4.69, 9.17) is 9.47 Å².